The van der Waals surface area contributed by atoms with Crippen LogP contribution in [0.1, 0.15) is 33.3 Å². The highest BCUT2D eigenvalue weighted by Crippen LogP contribution is 2.45. The predicted octanol–water partition coefficient (Wildman–Crippen LogP) is 5.30. The number of fused-ring (bicyclic) bond motifs is 1. The third-order valence-electron chi connectivity index (χ3n) is 5.63. The normalized spacial score (nSPS) is 16.2. The van der Waals surface area contributed by atoms with E-state index in [1.165, 1.54) is 35.7 Å². The SMILES string of the molecule is COc1cccc([C@H]2C(C(=O)c3ccco3)=C(O)C(=O)N2c2nc3c(C)cc(C)cc3s2)c1. The van der Waals surface area contributed by atoms with Crippen LogP contribution in [-0.4, -0.2) is 28.9 Å². The number of hydrogen-bond donors (Lipinski definition) is 1. The molecule has 0 unspecified atom stereocenters. The van der Waals surface area contributed by atoms with Crippen molar-refractivity contribution < 1.29 is 23.8 Å². The van der Waals surface area contributed by atoms with Crippen LogP contribution in [0, 0.1) is 13.8 Å². The first kappa shape index (κ1) is 21.0. The van der Waals surface area contributed by atoms with E-state index >= 15 is 0 Å². The van der Waals surface area contributed by atoms with Crippen LogP contribution in [0.25, 0.3) is 10.2 Å². The molecule has 0 saturated heterocycles. The van der Waals surface area contributed by atoms with E-state index in [9.17, 15) is 14.7 Å². The lowest BCUT2D eigenvalue weighted by atomic mass is 9.95. The van der Waals surface area contributed by atoms with Crippen LogP contribution in [0.3, 0.4) is 0 Å². The number of ether oxygens (including phenoxy) is 1. The Morgan fingerprint density at radius 1 is 1.18 bits per heavy atom. The van der Waals surface area contributed by atoms with Crippen LogP contribution in [-0.2, 0) is 4.79 Å². The van der Waals surface area contributed by atoms with Gasteiger partial charge < -0.3 is 14.3 Å². The number of methoxy groups -OCH3 is 1. The highest BCUT2D eigenvalue weighted by molar-refractivity contribution is 7.22. The van der Waals surface area contributed by atoms with Gasteiger partial charge in [-0.3, -0.25) is 14.5 Å². The van der Waals surface area contributed by atoms with E-state index in [2.05, 4.69) is 0 Å². The van der Waals surface area contributed by atoms with Gasteiger partial charge in [-0.25, -0.2) is 4.98 Å². The number of amides is 1. The molecule has 1 aliphatic rings. The number of anilines is 1. The molecule has 1 N–H and O–H groups in total. The van der Waals surface area contributed by atoms with Gasteiger partial charge in [0.2, 0.25) is 5.78 Å². The first-order valence-electron chi connectivity index (χ1n) is 10.3. The third kappa shape index (κ3) is 3.39. The van der Waals surface area contributed by atoms with Crippen molar-refractivity contribution in [2.75, 3.05) is 12.0 Å². The Hall–Kier alpha value is -3.91. The summed E-state index contributed by atoms with van der Waals surface area (Å²) < 4.78 is 11.6. The van der Waals surface area contributed by atoms with Crippen LogP contribution in [0.4, 0.5) is 5.13 Å². The first-order valence-corrected chi connectivity index (χ1v) is 11.1. The summed E-state index contributed by atoms with van der Waals surface area (Å²) in [5, 5.41) is 11.3. The molecular formula is C25H20N2O5S. The van der Waals surface area contributed by atoms with Crippen LogP contribution in [0.15, 0.2) is 70.5 Å². The molecule has 166 valence electrons. The molecule has 0 radical (unpaired) electrons. The van der Waals surface area contributed by atoms with E-state index in [1.54, 1.807) is 30.3 Å². The second kappa shape index (κ2) is 7.90. The van der Waals surface area contributed by atoms with E-state index in [0.29, 0.717) is 16.4 Å². The monoisotopic (exact) mass is 460 g/mol. The summed E-state index contributed by atoms with van der Waals surface area (Å²) >= 11 is 1.34. The highest BCUT2D eigenvalue weighted by atomic mass is 32.1. The molecule has 1 atom stereocenters. The molecule has 7 nitrogen and oxygen atoms in total. The van der Waals surface area contributed by atoms with Crippen molar-refractivity contribution in [1.82, 2.24) is 4.98 Å². The number of aliphatic hydroxyl groups is 1. The molecular weight excluding hydrogens is 440 g/mol. The number of nitrogens with zero attached hydrogens (tertiary/aromatic N) is 2. The molecule has 2 aromatic carbocycles. The Morgan fingerprint density at radius 2 is 2.00 bits per heavy atom. The maximum atomic E-state index is 13.3. The van der Waals surface area contributed by atoms with Crippen molar-refractivity contribution in [1.29, 1.82) is 0 Å². The number of aryl methyl sites for hydroxylation is 2. The number of rotatable bonds is 5. The molecule has 0 aliphatic carbocycles. The van der Waals surface area contributed by atoms with E-state index in [1.807, 2.05) is 26.0 Å². The third-order valence-corrected chi connectivity index (χ3v) is 6.63. The molecule has 8 heteroatoms. The van der Waals surface area contributed by atoms with Gasteiger partial charge in [-0.05, 0) is 60.9 Å². The highest BCUT2D eigenvalue weighted by Gasteiger charge is 2.46. The number of Topliss-reactive ketones (excluding diaryl/α,β-unsaturated/α-hetero) is 1. The summed E-state index contributed by atoms with van der Waals surface area (Å²) in [6.45, 7) is 3.96. The Labute approximate surface area is 193 Å². The minimum absolute atomic E-state index is 0.0369. The summed E-state index contributed by atoms with van der Waals surface area (Å²) in [6, 6.07) is 13.3. The van der Waals surface area contributed by atoms with Gasteiger partial charge >= 0.3 is 0 Å². The van der Waals surface area contributed by atoms with Crippen LogP contribution >= 0.6 is 11.3 Å². The zero-order chi connectivity index (χ0) is 23.3. The first-order chi connectivity index (χ1) is 15.9. The Bertz CT molecular complexity index is 1430. The lowest BCUT2D eigenvalue weighted by molar-refractivity contribution is -0.117. The molecule has 4 aromatic rings. The summed E-state index contributed by atoms with van der Waals surface area (Å²) in [5.74, 6) is -1.27. The number of thiazole rings is 1. The average molecular weight is 461 g/mol. The van der Waals surface area contributed by atoms with Crippen molar-refractivity contribution in [2.24, 2.45) is 0 Å². The minimum Gasteiger partial charge on any atom is -0.503 e. The van der Waals surface area contributed by atoms with Gasteiger partial charge in [0.05, 0.1) is 35.2 Å². The van der Waals surface area contributed by atoms with Crippen LogP contribution in [0.5, 0.6) is 5.75 Å². The molecule has 0 bridgehead atoms. The lowest BCUT2D eigenvalue weighted by Gasteiger charge is -2.24. The topological polar surface area (TPSA) is 92.9 Å². The second-order valence-electron chi connectivity index (χ2n) is 7.85. The van der Waals surface area contributed by atoms with Crippen LogP contribution < -0.4 is 9.64 Å². The average Bonchev–Trinajstić information content (AvgIpc) is 3.53. The fourth-order valence-corrected chi connectivity index (χ4v) is 5.33. The Morgan fingerprint density at radius 3 is 2.73 bits per heavy atom. The van der Waals surface area contributed by atoms with E-state index in [-0.39, 0.29) is 11.3 Å². The quantitative estimate of drug-likeness (QED) is 0.407. The molecule has 0 spiro atoms. The molecule has 0 fully saturated rings. The smallest absolute Gasteiger partial charge is 0.296 e. The Balaban J connectivity index is 1.71. The summed E-state index contributed by atoms with van der Waals surface area (Å²) in [7, 11) is 1.54. The zero-order valence-corrected chi connectivity index (χ0v) is 19.0. The fraction of sp³-hybridized carbons (Fsp3) is 0.160. The molecule has 5 rings (SSSR count). The molecule has 1 aliphatic heterocycles. The van der Waals surface area contributed by atoms with E-state index < -0.39 is 23.5 Å². The van der Waals surface area contributed by atoms with Gasteiger partial charge in [0, 0.05) is 0 Å². The zero-order valence-electron chi connectivity index (χ0n) is 18.2. The van der Waals surface area contributed by atoms with Crippen molar-refractivity contribution in [3.8, 4) is 5.75 Å². The van der Waals surface area contributed by atoms with Crippen LogP contribution in [0.2, 0.25) is 0 Å². The molecule has 2 aromatic heterocycles. The number of carbonyl (C=O) groups excluding carboxylic acids is 2. The lowest BCUT2D eigenvalue weighted by Crippen LogP contribution is -2.31. The minimum atomic E-state index is -0.896. The van der Waals surface area contributed by atoms with Gasteiger partial charge in [0.25, 0.3) is 5.91 Å². The largest absolute Gasteiger partial charge is 0.503 e. The molecule has 1 amide bonds. The Kier molecular flexibility index (Phi) is 5.02. The number of hydrogen-bond acceptors (Lipinski definition) is 7. The van der Waals surface area contributed by atoms with Crippen molar-refractivity contribution >= 4 is 38.4 Å². The summed E-state index contributed by atoms with van der Waals surface area (Å²) in [4.78, 5) is 32.7. The van der Waals surface area contributed by atoms with Crippen molar-refractivity contribution in [2.45, 2.75) is 19.9 Å². The summed E-state index contributed by atoms with van der Waals surface area (Å²) in [5.41, 5.74) is 3.40. The van der Waals surface area contributed by atoms with Gasteiger partial charge in [0.15, 0.2) is 16.7 Å². The number of benzene rings is 2. The van der Waals surface area contributed by atoms with Gasteiger partial charge in [-0.2, -0.15) is 0 Å². The number of ketones is 1. The summed E-state index contributed by atoms with van der Waals surface area (Å²) in [6.07, 6.45) is 1.37. The van der Waals surface area contributed by atoms with Crippen molar-refractivity contribution in [3.05, 3.63) is 88.6 Å². The van der Waals surface area contributed by atoms with Crippen molar-refractivity contribution in [3.63, 3.8) is 0 Å². The maximum absolute atomic E-state index is 13.3. The van der Waals surface area contributed by atoms with Gasteiger partial charge in [0.1, 0.15) is 5.75 Å². The number of aliphatic hydroxyl groups excluding tert-OH is 1. The fourth-order valence-electron chi connectivity index (χ4n) is 4.16. The number of furan rings is 1. The predicted molar refractivity (Wildman–Crippen MR) is 125 cm³/mol. The molecule has 33 heavy (non-hydrogen) atoms. The maximum Gasteiger partial charge on any atom is 0.296 e. The van der Waals surface area contributed by atoms with E-state index in [0.717, 1.165) is 21.3 Å². The molecule has 3 heterocycles. The van der Waals surface area contributed by atoms with Gasteiger partial charge in [-0.15, -0.1) is 0 Å². The number of carbonyl (C=O) groups is 2. The second-order valence-corrected chi connectivity index (χ2v) is 8.86. The number of aromatic nitrogens is 1. The van der Waals surface area contributed by atoms with Gasteiger partial charge in [-0.1, -0.05) is 29.5 Å². The standard InChI is InChI=1S/C25H20N2O5S/c1-13-10-14(2)20-18(11-13)33-25(26-20)27-21(15-6-4-7-16(12-15)31-3)19(23(29)24(27)30)22(28)17-8-5-9-32-17/h4-12,21,29H,1-3H3/t21-/m0/s1. The molecule has 0 saturated carbocycles. The van der Waals surface area contributed by atoms with E-state index in [4.69, 9.17) is 14.1 Å².